The number of carboxylic acid groups (broad SMARTS) is 1. The number of hydrogen-bond acceptors (Lipinski definition) is 3. The first kappa shape index (κ1) is 14.5. The van der Waals surface area contributed by atoms with Crippen LogP contribution >= 0.6 is 22.6 Å². The van der Waals surface area contributed by atoms with E-state index in [2.05, 4.69) is 11.9 Å². The molecule has 5 nitrogen and oxygen atoms in total. The highest BCUT2D eigenvalue weighted by Gasteiger charge is 2.19. The molecule has 1 atom stereocenters. The number of carbonyl (C=O) groups excluding carboxylic acids is 1. The number of carboxylic acids is 1. The number of aliphatic carboxylic acids is 1. The van der Waals surface area contributed by atoms with Gasteiger partial charge in [0, 0.05) is 5.56 Å². The second-order valence-corrected chi connectivity index (χ2v) is 4.72. The molecule has 0 aliphatic heterocycles. The van der Waals surface area contributed by atoms with Crippen LogP contribution in [0.4, 0.5) is 0 Å². The number of hydrogen-bond donors (Lipinski definition) is 3. The van der Waals surface area contributed by atoms with Crippen molar-refractivity contribution < 1.29 is 19.8 Å². The van der Waals surface area contributed by atoms with Crippen LogP contribution in [0, 0.1) is 3.57 Å². The van der Waals surface area contributed by atoms with Gasteiger partial charge in [-0.05, 0) is 47.2 Å². The van der Waals surface area contributed by atoms with Gasteiger partial charge in [-0.2, -0.15) is 0 Å². The van der Waals surface area contributed by atoms with Gasteiger partial charge in [0.15, 0.2) is 0 Å². The average Bonchev–Trinajstić information content (AvgIpc) is 2.31. The van der Waals surface area contributed by atoms with Gasteiger partial charge in [0.2, 0.25) is 0 Å². The number of amides is 1. The molecule has 0 saturated heterocycles. The maximum atomic E-state index is 11.8. The Balaban J connectivity index is 2.83. The van der Waals surface area contributed by atoms with Gasteiger partial charge in [-0.3, -0.25) is 4.79 Å². The Labute approximate surface area is 118 Å². The number of phenolic OH excluding ortho intramolecular Hbond substituents is 1. The molecule has 18 heavy (non-hydrogen) atoms. The summed E-state index contributed by atoms with van der Waals surface area (Å²) in [4.78, 5) is 22.6. The molecule has 0 spiro atoms. The first-order valence-electron chi connectivity index (χ1n) is 5.08. The lowest BCUT2D eigenvalue weighted by Crippen LogP contribution is -2.40. The summed E-state index contributed by atoms with van der Waals surface area (Å²) >= 11 is 1.92. The zero-order chi connectivity index (χ0) is 13.7. The Morgan fingerprint density at radius 3 is 2.67 bits per heavy atom. The van der Waals surface area contributed by atoms with Crippen molar-refractivity contribution in [2.24, 2.45) is 0 Å². The zero-order valence-corrected chi connectivity index (χ0v) is 11.5. The number of benzene rings is 1. The Morgan fingerprint density at radius 2 is 2.17 bits per heavy atom. The fourth-order valence-electron chi connectivity index (χ4n) is 1.28. The third-order valence-corrected chi connectivity index (χ3v) is 3.13. The molecule has 0 radical (unpaired) electrons. The predicted molar refractivity (Wildman–Crippen MR) is 74.5 cm³/mol. The van der Waals surface area contributed by atoms with Gasteiger partial charge in [0.25, 0.3) is 5.91 Å². The van der Waals surface area contributed by atoms with Crippen molar-refractivity contribution >= 4 is 34.5 Å². The van der Waals surface area contributed by atoms with E-state index in [4.69, 9.17) is 5.11 Å². The first-order valence-corrected chi connectivity index (χ1v) is 6.16. The summed E-state index contributed by atoms with van der Waals surface area (Å²) < 4.78 is 0.616. The molecule has 0 bridgehead atoms. The van der Waals surface area contributed by atoms with Crippen molar-refractivity contribution in [2.45, 2.75) is 12.5 Å². The summed E-state index contributed by atoms with van der Waals surface area (Å²) in [6.45, 7) is 3.43. The van der Waals surface area contributed by atoms with Gasteiger partial charge in [-0.25, -0.2) is 4.79 Å². The summed E-state index contributed by atoms with van der Waals surface area (Å²) in [6, 6.07) is 3.37. The smallest absolute Gasteiger partial charge is 0.326 e. The molecular weight excluding hydrogens is 349 g/mol. The van der Waals surface area contributed by atoms with E-state index in [0.717, 1.165) is 0 Å². The fourth-order valence-corrected chi connectivity index (χ4v) is 1.62. The van der Waals surface area contributed by atoms with E-state index in [9.17, 15) is 14.7 Å². The lowest BCUT2D eigenvalue weighted by molar-refractivity contribution is -0.139. The van der Waals surface area contributed by atoms with E-state index in [0.29, 0.717) is 3.57 Å². The summed E-state index contributed by atoms with van der Waals surface area (Å²) in [5.41, 5.74) is 0.211. The van der Waals surface area contributed by atoms with Crippen LogP contribution in [0.15, 0.2) is 30.9 Å². The highest BCUT2D eigenvalue weighted by molar-refractivity contribution is 14.1. The molecule has 1 aromatic carbocycles. The molecule has 0 aliphatic carbocycles. The molecule has 0 heterocycles. The number of nitrogens with one attached hydrogen (secondary N) is 1. The van der Waals surface area contributed by atoms with E-state index in [-0.39, 0.29) is 17.7 Å². The van der Waals surface area contributed by atoms with Crippen molar-refractivity contribution in [3.05, 3.63) is 40.0 Å². The van der Waals surface area contributed by atoms with Crippen LogP contribution in [0.1, 0.15) is 16.8 Å². The van der Waals surface area contributed by atoms with E-state index < -0.39 is 17.9 Å². The molecular formula is C12H12INO4. The van der Waals surface area contributed by atoms with Crippen LogP contribution in [0.25, 0.3) is 0 Å². The standard InChI is InChI=1S/C12H12INO4/c1-2-3-9(12(17)18)14-11(16)7-4-5-8(13)10(15)6-7/h2,4-6,9,15H,1,3H2,(H,14,16)(H,17,18). The summed E-state index contributed by atoms with van der Waals surface area (Å²) in [5.74, 6) is -1.69. The fraction of sp³-hybridized carbons (Fsp3) is 0.167. The van der Waals surface area contributed by atoms with Crippen molar-refractivity contribution in [2.75, 3.05) is 0 Å². The van der Waals surface area contributed by atoms with Crippen molar-refractivity contribution in [3.8, 4) is 5.75 Å². The monoisotopic (exact) mass is 361 g/mol. The number of halogens is 1. The number of carbonyl (C=O) groups is 2. The highest BCUT2D eigenvalue weighted by Crippen LogP contribution is 2.20. The van der Waals surface area contributed by atoms with E-state index in [1.165, 1.54) is 18.2 Å². The zero-order valence-electron chi connectivity index (χ0n) is 9.39. The summed E-state index contributed by atoms with van der Waals surface area (Å²) in [7, 11) is 0. The molecule has 0 aromatic heterocycles. The molecule has 6 heteroatoms. The third kappa shape index (κ3) is 3.73. The maximum absolute atomic E-state index is 11.8. The Kier molecular flexibility index (Phi) is 5.14. The molecule has 96 valence electrons. The number of aromatic hydroxyl groups is 1. The Bertz CT molecular complexity index is 487. The molecule has 1 aromatic rings. The van der Waals surface area contributed by atoms with Crippen LogP contribution in [-0.2, 0) is 4.79 Å². The third-order valence-electron chi connectivity index (χ3n) is 2.21. The van der Waals surface area contributed by atoms with Crippen molar-refractivity contribution in [3.63, 3.8) is 0 Å². The first-order chi connectivity index (χ1) is 8.45. The minimum atomic E-state index is -1.13. The molecule has 1 amide bonds. The Hall–Kier alpha value is -1.57. The lowest BCUT2D eigenvalue weighted by Gasteiger charge is -2.12. The van der Waals surface area contributed by atoms with Crippen LogP contribution < -0.4 is 5.32 Å². The van der Waals surface area contributed by atoms with Gasteiger partial charge in [-0.1, -0.05) is 6.08 Å². The van der Waals surface area contributed by atoms with Crippen molar-refractivity contribution in [1.82, 2.24) is 5.32 Å². The maximum Gasteiger partial charge on any atom is 0.326 e. The summed E-state index contributed by atoms with van der Waals surface area (Å²) in [5, 5.41) is 20.7. The van der Waals surface area contributed by atoms with E-state index >= 15 is 0 Å². The quantitative estimate of drug-likeness (QED) is 0.551. The Morgan fingerprint density at radius 1 is 1.50 bits per heavy atom. The van der Waals surface area contributed by atoms with Crippen LogP contribution in [0.2, 0.25) is 0 Å². The van der Waals surface area contributed by atoms with Gasteiger partial charge in [0.1, 0.15) is 11.8 Å². The van der Waals surface area contributed by atoms with Gasteiger partial charge in [-0.15, -0.1) is 6.58 Å². The lowest BCUT2D eigenvalue weighted by atomic mass is 10.1. The van der Waals surface area contributed by atoms with Gasteiger partial charge < -0.3 is 15.5 Å². The minimum Gasteiger partial charge on any atom is -0.507 e. The second kappa shape index (κ2) is 6.39. The SMILES string of the molecule is C=CCC(NC(=O)c1ccc(I)c(O)c1)C(=O)O. The van der Waals surface area contributed by atoms with Crippen molar-refractivity contribution in [1.29, 1.82) is 0 Å². The average molecular weight is 361 g/mol. The van der Waals surface area contributed by atoms with E-state index in [1.807, 2.05) is 22.6 Å². The minimum absolute atomic E-state index is 0.0150. The summed E-state index contributed by atoms with van der Waals surface area (Å²) in [6.07, 6.45) is 1.56. The number of phenols is 1. The molecule has 1 unspecified atom stereocenters. The largest absolute Gasteiger partial charge is 0.507 e. The van der Waals surface area contributed by atoms with Crippen LogP contribution in [0.3, 0.4) is 0 Å². The molecule has 0 fully saturated rings. The van der Waals surface area contributed by atoms with Crippen LogP contribution in [-0.4, -0.2) is 28.1 Å². The molecule has 3 N–H and O–H groups in total. The van der Waals surface area contributed by atoms with E-state index in [1.54, 1.807) is 6.07 Å². The molecule has 1 rings (SSSR count). The topological polar surface area (TPSA) is 86.6 Å². The second-order valence-electron chi connectivity index (χ2n) is 3.55. The highest BCUT2D eigenvalue weighted by atomic mass is 127. The van der Waals surface area contributed by atoms with Gasteiger partial charge >= 0.3 is 5.97 Å². The normalized spacial score (nSPS) is 11.6. The molecule has 0 saturated carbocycles. The van der Waals surface area contributed by atoms with Gasteiger partial charge in [0.05, 0.1) is 3.57 Å². The predicted octanol–water partition coefficient (Wildman–Crippen LogP) is 1.76. The number of rotatable bonds is 5. The molecule has 0 aliphatic rings. The van der Waals surface area contributed by atoms with Crippen LogP contribution in [0.5, 0.6) is 5.75 Å².